The fourth-order valence-electron chi connectivity index (χ4n) is 3.12. The summed E-state index contributed by atoms with van der Waals surface area (Å²) in [5.41, 5.74) is 12.3. The van der Waals surface area contributed by atoms with Crippen molar-refractivity contribution in [1.29, 1.82) is 0 Å². The Kier molecular flexibility index (Phi) is 5.20. The molecule has 0 aromatic heterocycles. The number of carboxylic acid groups (broad SMARTS) is 1. The van der Waals surface area contributed by atoms with Crippen LogP contribution in [-0.4, -0.2) is 23.1 Å². The van der Waals surface area contributed by atoms with Gasteiger partial charge in [0.15, 0.2) is 5.96 Å². The van der Waals surface area contributed by atoms with Crippen LogP contribution in [0.2, 0.25) is 0 Å². The van der Waals surface area contributed by atoms with Crippen LogP contribution in [0.4, 0.5) is 0 Å². The Balaban J connectivity index is 2.04. The Morgan fingerprint density at radius 3 is 2.33 bits per heavy atom. The van der Waals surface area contributed by atoms with Gasteiger partial charge in [-0.05, 0) is 43.6 Å². The number of hydrogen-bond donors (Lipinski definition) is 3. The van der Waals surface area contributed by atoms with Crippen molar-refractivity contribution in [3.05, 3.63) is 35.9 Å². The summed E-state index contributed by atoms with van der Waals surface area (Å²) < 4.78 is 0. The van der Waals surface area contributed by atoms with Gasteiger partial charge < -0.3 is 16.6 Å². The zero-order valence-electron chi connectivity index (χ0n) is 12.1. The van der Waals surface area contributed by atoms with Gasteiger partial charge >= 0.3 is 5.97 Å². The van der Waals surface area contributed by atoms with Gasteiger partial charge in [-0.25, -0.2) is 4.99 Å². The van der Waals surface area contributed by atoms with Gasteiger partial charge in [0.1, 0.15) is 0 Å². The lowest BCUT2D eigenvalue weighted by molar-refractivity contribution is -0.143. The number of aliphatic carboxylic acids is 1. The summed E-state index contributed by atoms with van der Waals surface area (Å²) in [4.78, 5) is 15.4. The molecule has 114 valence electrons. The third-order valence-corrected chi connectivity index (χ3v) is 4.27. The van der Waals surface area contributed by atoms with Gasteiger partial charge in [0, 0.05) is 0 Å². The fourth-order valence-corrected chi connectivity index (χ4v) is 3.12. The quantitative estimate of drug-likeness (QED) is 0.568. The monoisotopic (exact) mass is 289 g/mol. The Bertz CT molecular complexity index is 490. The second-order valence-electron chi connectivity index (χ2n) is 5.76. The normalized spacial score (nSPS) is 23.2. The summed E-state index contributed by atoms with van der Waals surface area (Å²) in [6.45, 7) is 0. The van der Waals surface area contributed by atoms with Crippen molar-refractivity contribution in [2.45, 2.75) is 38.1 Å². The highest BCUT2D eigenvalue weighted by molar-refractivity contribution is 5.76. The van der Waals surface area contributed by atoms with Gasteiger partial charge in [-0.1, -0.05) is 30.3 Å². The Morgan fingerprint density at radius 2 is 1.81 bits per heavy atom. The molecule has 5 nitrogen and oxygen atoms in total. The van der Waals surface area contributed by atoms with E-state index in [0.717, 1.165) is 19.3 Å². The molecule has 0 saturated heterocycles. The van der Waals surface area contributed by atoms with Gasteiger partial charge in [-0.3, -0.25) is 4.79 Å². The van der Waals surface area contributed by atoms with E-state index in [2.05, 4.69) is 17.1 Å². The van der Waals surface area contributed by atoms with Gasteiger partial charge in [0.2, 0.25) is 0 Å². The van der Waals surface area contributed by atoms with Crippen molar-refractivity contribution >= 4 is 11.9 Å². The Labute approximate surface area is 125 Å². The zero-order valence-corrected chi connectivity index (χ0v) is 12.1. The highest BCUT2D eigenvalue weighted by atomic mass is 16.4. The molecule has 5 heteroatoms. The smallest absolute Gasteiger partial charge is 0.306 e. The van der Waals surface area contributed by atoms with E-state index in [9.17, 15) is 4.79 Å². The van der Waals surface area contributed by atoms with E-state index in [1.165, 1.54) is 5.56 Å². The molecule has 0 spiro atoms. The number of nitrogens with two attached hydrogens (primary N) is 2. The average Bonchev–Trinajstić information content (AvgIpc) is 2.47. The molecule has 1 unspecified atom stereocenters. The second-order valence-corrected chi connectivity index (χ2v) is 5.76. The number of hydrogen-bond acceptors (Lipinski definition) is 2. The maximum atomic E-state index is 11.0. The SMILES string of the molecule is NC(N)=NC(Cc1ccccc1)C1CCC(C(=O)O)CC1. The largest absolute Gasteiger partial charge is 0.481 e. The number of rotatable bonds is 5. The minimum Gasteiger partial charge on any atom is -0.481 e. The summed E-state index contributed by atoms with van der Waals surface area (Å²) >= 11 is 0. The summed E-state index contributed by atoms with van der Waals surface area (Å²) in [5.74, 6) is -0.438. The molecule has 0 bridgehead atoms. The van der Waals surface area contributed by atoms with Crippen LogP contribution in [0, 0.1) is 11.8 Å². The van der Waals surface area contributed by atoms with Crippen LogP contribution in [0.25, 0.3) is 0 Å². The van der Waals surface area contributed by atoms with Crippen LogP contribution in [0.3, 0.4) is 0 Å². The molecule has 5 N–H and O–H groups in total. The highest BCUT2D eigenvalue weighted by Crippen LogP contribution is 2.33. The predicted octanol–water partition coefficient (Wildman–Crippen LogP) is 1.76. The first-order chi connectivity index (χ1) is 10.1. The highest BCUT2D eigenvalue weighted by Gasteiger charge is 2.30. The molecule has 1 aromatic carbocycles. The molecule has 0 amide bonds. The molecule has 2 rings (SSSR count). The van der Waals surface area contributed by atoms with Crippen molar-refractivity contribution in [1.82, 2.24) is 0 Å². The molecule has 21 heavy (non-hydrogen) atoms. The Hall–Kier alpha value is -2.04. The van der Waals surface area contributed by atoms with Gasteiger partial charge in [0.05, 0.1) is 12.0 Å². The second kappa shape index (κ2) is 7.11. The third-order valence-electron chi connectivity index (χ3n) is 4.27. The number of nitrogens with zero attached hydrogens (tertiary/aromatic N) is 1. The van der Waals surface area contributed by atoms with E-state index in [-0.39, 0.29) is 17.9 Å². The number of benzene rings is 1. The van der Waals surface area contributed by atoms with Crippen LogP contribution in [0.15, 0.2) is 35.3 Å². The lowest BCUT2D eigenvalue weighted by Crippen LogP contribution is -2.33. The standard InChI is InChI=1S/C16H23N3O2/c17-16(18)19-14(10-11-4-2-1-3-5-11)12-6-8-13(9-7-12)15(20)21/h1-5,12-14H,6-10H2,(H,20,21)(H4,17,18,19). The Morgan fingerprint density at radius 1 is 1.19 bits per heavy atom. The maximum absolute atomic E-state index is 11.0. The maximum Gasteiger partial charge on any atom is 0.306 e. The molecule has 1 aliphatic rings. The molecule has 1 aliphatic carbocycles. The molecule has 0 radical (unpaired) electrons. The lowest BCUT2D eigenvalue weighted by atomic mass is 9.77. The third kappa shape index (κ3) is 4.48. The molecule has 0 aliphatic heterocycles. The van der Waals surface area contributed by atoms with E-state index < -0.39 is 5.97 Å². The number of carboxylic acids is 1. The first kappa shape index (κ1) is 15.4. The van der Waals surface area contributed by atoms with Gasteiger partial charge in [0.25, 0.3) is 0 Å². The first-order valence-corrected chi connectivity index (χ1v) is 7.41. The number of aliphatic imine (C=N–C) groups is 1. The molecule has 0 heterocycles. The first-order valence-electron chi connectivity index (χ1n) is 7.41. The summed E-state index contributed by atoms with van der Waals surface area (Å²) in [6, 6.07) is 10.2. The molecular weight excluding hydrogens is 266 g/mol. The van der Waals surface area contributed by atoms with Gasteiger partial charge in [-0.2, -0.15) is 0 Å². The van der Waals surface area contributed by atoms with E-state index in [0.29, 0.717) is 18.8 Å². The van der Waals surface area contributed by atoms with Crippen LogP contribution >= 0.6 is 0 Å². The van der Waals surface area contributed by atoms with Crippen molar-refractivity contribution in [3.63, 3.8) is 0 Å². The van der Waals surface area contributed by atoms with E-state index in [4.69, 9.17) is 16.6 Å². The van der Waals surface area contributed by atoms with Crippen molar-refractivity contribution < 1.29 is 9.90 Å². The van der Waals surface area contributed by atoms with Crippen LogP contribution < -0.4 is 11.5 Å². The van der Waals surface area contributed by atoms with Crippen LogP contribution in [-0.2, 0) is 11.2 Å². The summed E-state index contributed by atoms with van der Waals surface area (Å²) in [7, 11) is 0. The van der Waals surface area contributed by atoms with Gasteiger partial charge in [-0.15, -0.1) is 0 Å². The van der Waals surface area contributed by atoms with Crippen LogP contribution in [0.1, 0.15) is 31.2 Å². The number of carbonyl (C=O) groups is 1. The van der Waals surface area contributed by atoms with E-state index >= 15 is 0 Å². The number of guanidine groups is 1. The topological polar surface area (TPSA) is 102 Å². The average molecular weight is 289 g/mol. The summed E-state index contributed by atoms with van der Waals surface area (Å²) in [5, 5.41) is 9.08. The zero-order chi connectivity index (χ0) is 15.2. The van der Waals surface area contributed by atoms with Crippen molar-refractivity contribution in [3.8, 4) is 0 Å². The minimum atomic E-state index is -0.685. The van der Waals surface area contributed by atoms with Crippen LogP contribution in [0.5, 0.6) is 0 Å². The van der Waals surface area contributed by atoms with Crippen molar-refractivity contribution in [2.75, 3.05) is 0 Å². The molecule has 1 saturated carbocycles. The fraction of sp³-hybridized carbons (Fsp3) is 0.500. The molecule has 1 aromatic rings. The summed E-state index contributed by atoms with van der Waals surface area (Å²) in [6.07, 6.45) is 3.95. The molecular formula is C16H23N3O2. The van der Waals surface area contributed by atoms with E-state index in [1.54, 1.807) is 0 Å². The van der Waals surface area contributed by atoms with Crippen molar-refractivity contribution in [2.24, 2.45) is 28.3 Å². The molecule has 1 atom stereocenters. The minimum absolute atomic E-state index is 0.0344. The van der Waals surface area contributed by atoms with E-state index in [1.807, 2.05) is 18.2 Å². The molecule has 1 fully saturated rings. The predicted molar refractivity (Wildman–Crippen MR) is 82.8 cm³/mol. The lowest BCUT2D eigenvalue weighted by Gasteiger charge is -2.30.